The van der Waals surface area contributed by atoms with Crippen LogP contribution >= 0.6 is 0 Å². The van der Waals surface area contributed by atoms with Crippen molar-refractivity contribution in [3.05, 3.63) is 35.9 Å². The maximum atomic E-state index is 10.8. The third-order valence-electron chi connectivity index (χ3n) is 2.50. The van der Waals surface area contributed by atoms with Gasteiger partial charge < -0.3 is 0 Å². The first-order valence-electron chi connectivity index (χ1n) is 5.27. The molecule has 0 heterocycles. The second-order valence-electron chi connectivity index (χ2n) is 4.21. The molecule has 0 aliphatic heterocycles. The molecule has 0 saturated heterocycles. The number of hydrogen-bond acceptors (Lipinski definition) is 2. The van der Waals surface area contributed by atoms with Crippen LogP contribution in [0.3, 0.4) is 0 Å². The summed E-state index contributed by atoms with van der Waals surface area (Å²) in [6, 6.07) is 10.0. The lowest BCUT2D eigenvalue weighted by Gasteiger charge is -2.25. The summed E-state index contributed by atoms with van der Waals surface area (Å²) < 4.78 is 0. The molecule has 0 spiro atoms. The third-order valence-corrected chi connectivity index (χ3v) is 2.50. The minimum atomic E-state index is -0.120. The van der Waals surface area contributed by atoms with Crippen molar-refractivity contribution in [2.75, 3.05) is 7.05 Å². The number of carbonyl (C=O) groups excluding carboxylic acids is 1. The van der Waals surface area contributed by atoms with Crippen molar-refractivity contribution in [1.82, 2.24) is 4.90 Å². The normalized spacial score (nSPS) is 13.1. The Balaban J connectivity index is 2.62. The number of rotatable bonds is 5. The summed E-state index contributed by atoms with van der Waals surface area (Å²) >= 11 is 0. The van der Waals surface area contributed by atoms with E-state index in [4.69, 9.17) is 0 Å². The third kappa shape index (κ3) is 3.48. The van der Waals surface area contributed by atoms with Gasteiger partial charge in [-0.1, -0.05) is 44.2 Å². The monoisotopic (exact) mass is 204 g/mol. The zero-order valence-corrected chi connectivity index (χ0v) is 9.60. The molecular weight excluding hydrogens is 186 g/mol. The van der Waals surface area contributed by atoms with E-state index >= 15 is 0 Å². The topological polar surface area (TPSA) is 20.3 Å². The minimum Gasteiger partial charge on any atom is -0.292 e. The molecule has 1 atom stereocenters. The van der Waals surface area contributed by atoms with Gasteiger partial charge in [-0.25, -0.2) is 0 Å². The number of likely N-dealkylation sites (N-methyl/N-ethyl adjacent to an activating group) is 1. The SMILES string of the molecule is CC(C)C([C]=O)N(C)Cc1ccccc1. The summed E-state index contributed by atoms with van der Waals surface area (Å²) in [5, 5.41) is 0. The molecule has 0 amide bonds. The average molecular weight is 204 g/mol. The standard InChI is InChI=1S/C13H18NO/c1-11(2)13(10-15)14(3)9-12-7-5-4-6-8-12/h4-8,11,13H,9H2,1-3H3. The molecule has 81 valence electrons. The zero-order chi connectivity index (χ0) is 11.3. The van der Waals surface area contributed by atoms with Crippen LogP contribution in [0.15, 0.2) is 30.3 Å². The molecule has 15 heavy (non-hydrogen) atoms. The quantitative estimate of drug-likeness (QED) is 0.733. The molecular formula is C13H18NO. The molecule has 1 aromatic carbocycles. The molecule has 1 rings (SSSR count). The van der Waals surface area contributed by atoms with Crippen LogP contribution in [-0.4, -0.2) is 24.3 Å². The van der Waals surface area contributed by atoms with Gasteiger partial charge in [-0.05, 0) is 18.5 Å². The second-order valence-corrected chi connectivity index (χ2v) is 4.21. The predicted octanol–water partition coefficient (Wildman–Crippen LogP) is 2.25. The van der Waals surface area contributed by atoms with E-state index in [1.807, 2.05) is 44.0 Å². The fourth-order valence-electron chi connectivity index (χ4n) is 1.70. The van der Waals surface area contributed by atoms with Crippen LogP contribution in [0, 0.1) is 5.92 Å². The van der Waals surface area contributed by atoms with E-state index in [0.29, 0.717) is 5.92 Å². The molecule has 1 radical (unpaired) electrons. The molecule has 0 aromatic heterocycles. The molecule has 2 nitrogen and oxygen atoms in total. The Hall–Kier alpha value is -1.15. The fraction of sp³-hybridized carbons (Fsp3) is 0.462. The molecule has 0 bridgehead atoms. The Morgan fingerprint density at radius 3 is 2.33 bits per heavy atom. The molecule has 0 fully saturated rings. The number of benzene rings is 1. The van der Waals surface area contributed by atoms with E-state index in [0.717, 1.165) is 6.54 Å². The van der Waals surface area contributed by atoms with Crippen LogP contribution in [0.5, 0.6) is 0 Å². The van der Waals surface area contributed by atoms with Gasteiger partial charge in [-0.15, -0.1) is 0 Å². The van der Waals surface area contributed by atoms with Crippen molar-refractivity contribution in [3.8, 4) is 0 Å². The largest absolute Gasteiger partial charge is 0.292 e. The van der Waals surface area contributed by atoms with E-state index in [9.17, 15) is 4.79 Å². The summed E-state index contributed by atoms with van der Waals surface area (Å²) in [5.41, 5.74) is 1.22. The Labute approximate surface area is 91.9 Å². The lowest BCUT2D eigenvalue weighted by atomic mass is 10.0. The molecule has 0 aliphatic rings. The summed E-state index contributed by atoms with van der Waals surface area (Å²) in [6.07, 6.45) is 2.10. The van der Waals surface area contributed by atoms with E-state index in [-0.39, 0.29) is 6.04 Å². The lowest BCUT2D eigenvalue weighted by molar-refractivity contribution is 0.235. The van der Waals surface area contributed by atoms with E-state index in [1.165, 1.54) is 5.56 Å². The molecule has 0 N–H and O–H groups in total. The summed E-state index contributed by atoms with van der Waals surface area (Å²) in [7, 11) is 1.96. The Morgan fingerprint density at radius 1 is 1.27 bits per heavy atom. The van der Waals surface area contributed by atoms with Crippen molar-refractivity contribution in [1.29, 1.82) is 0 Å². The van der Waals surface area contributed by atoms with E-state index in [1.54, 1.807) is 0 Å². The number of nitrogens with zero attached hydrogens (tertiary/aromatic N) is 1. The predicted molar refractivity (Wildman–Crippen MR) is 62.2 cm³/mol. The molecule has 0 saturated carbocycles. The highest BCUT2D eigenvalue weighted by Gasteiger charge is 2.18. The summed E-state index contributed by atoms with van der Waals surface area (Å²) in [6.45, 7) is 4.87. The minimum absolute atomic E-state index is 0.120. The highest BCUT2D eigenvalue weighted by molar-refractivity contribution is 5.58. The maximum absolute atomic E-state index is 10.8. The van der Waals surface area contributed by atoms with Crippen LogP contribution in [0.25, 0.3) is 0 Å². The van der Waals surface area contributed by atoms with E-state index in [2.05, 4.69) is 18.4 Å². The fourth-order valence-corrected chi connectivity index (χ4v) is 1.70. The van der Waals surface area contributed by atoms with Gasteiger partial charge in [0.2, 0.25) is 6.29 Å². The maximum Gasteiger partial charge on any atom is 0.217 e. The first-order chi connectivity index (χ1) is 7.15. The van der Waals surface area contributed by atoms with Crippen LogP contribution in [0.2, 0.25) is 0 Å². The Bertz CT molecular complexity index is 295. The van der Waals surface area contributed by atoms with Crippen molar-refractivity contribution < 1.29 is 4.79 Å². The molecule has 1 aromatic rings. The van der Waals surface area contributed by atoms with Crippen LogP contribution < -0.4 is 0 Å². The van der Waals surface area contributed by atoms with Gasteiger partial charge in [0.25, 0.3) is 0 Å². The highest BCUT2D eigenvalue weighted by atomic mass is 16.1. The molecule has 2 heteroatoms. The van der Waals surface area contributed by atoms with Gasteiger partial charge in [0.05, 0.1) is 6.04 Å². The van der Waals surface area contributed by atoms with Crippen LogP contribution in [0.4, 0.5) is 0 Å². The van der Waals surface area contributed by atoms with Crippen molar-refractivity contribution >= 4 is 6.29 Å². The summed E-state index contributed by atoms with van der Waals surface area (Å²) in [4.78, 5) is 12.8. The first-order valence-corrected chi connectivity index (χ1v) is 5.27. The van der Waals surface area contributed by atoms with Crippen LogP contribution in [0.1, 0.15) is 19.4 Å². The average Bonchev–Trinajstić information content (AvgIpc) is 2.19. The second kappa shape index (κ2) is 5.66. The van der Waals surface area contributed by atoms with Crippen molar-refractivity contribution in [2.45, 2.75) is 26.4 Å². The van der Waals surface area contributed by atoms with Gasteiger partial charge in [-0.3, -0.25) is 9.69 Å². The van der Waals surface area contributed by atoms with Crippen molar-refractivity contribution in [2.24, 2.45) is 5.92 Å². The van der Waals surface area contributed by atoms with Crippen molar-refractivity contribution in [3.63, 3.8) is 0 Å². The highest BCUT2D eigenvalue weighted by Crippen LogP contribution is 2.10. The van der Waals surface area contributed by atoms with Crippen LogP contribution in [-0.2, 0) is 11.3 Å². The molecule has 1 unspecified atom stereocenters. The van der Waals surface area contributed by atoms with E-state index < -0.39 is 0 Å². The number of hydrogen-bond donors (Lipinski definition) is 0. The Kier molecular flexibility index (Phi) is 4.50. The Morgan fingerprint density at radius 2 is 1.87 bits per heavy atom. The van der Waals surface area contributed by atoms with Gasteiger partial charge in [0.15, 0.2) is 0 Å². The van der Waals surface area contributed by atoms with Gasteiger partial charge in [0.1, 0.15) is 0 Å². The summed E-state index contributed by atoms with van der Waals surface area (Å²) in [5.74, 6) is 0.302. The van der Waals surface area contributed by atoms with Gasteiger partial charge >= 0.3 is 0 Å². The lowest BCUT2D eigenvalue weighted by Crippen LogP contribution is -2.36. The zero-order valence-electron chi connectivity index (χ0n) is 9.60. The smallest absolute Gasteiger partial charge is 0.217 e. The first kappa shape index (κ1) is 11.9. The van der Waals surface area contributed by atoms with Gasteiger partial charge in [0, 0.05) is 6.54 Å². The molecule has 0 aliphatic carbocycles. The van der Waals surface area contributed by atoms with Gasteiger partial charge in [-0.2, -0.15) is 0 Å².